The fourth-order valence-corrected chi connectivity index (χ4v) is 7.05. The van der Waals surface area contributed by atoms with Crippen molar-refractivity contribution in [2.75, 3.05) is 14.1 Å². The van der Waals surface area contributed by atoms with Crippen molar-refractivity contribution in [3.8, 4) is 0 Å². The van der Waals surface area contributed by atoms with Crippen LogP contribution in [0.4, 0.5) is 0 Å². The molecule has 0 amide bonds. The fourth-order valence-electron chi connectivity index (χ4n) is 7.05. The predicted octanol–water partition coefficient (Wildman–Crippen LogP) is 15.4. The van der Waals surface area contributed by atoms with Crippen LogP contribution in [0.3, 0.4) is 0 Å². The fraction of sp³-hybridized carbons (Fsp3) is 1.00. The Hall–Kier alpha value is -0.0400. The molecule has 0 aliphatic heterocycles. The largest absolute Gasteiger partial charge is 0.306 e. The third-order valence-corrected chi connectivity index (χ3v) is 10.3. The van der Waals surface area contributed by atoms with Gasteiger partial charge < -0.3 is 4.90 Å². The van der Waals surface area contributed by atoms with Crippen LogP contribution < -0.4 is 0 Å². The molecule has 260 valence electrons. The minimum Gasteiger partial charge on any atom is -0.306 e. The van der Waals surface area contributed by atoms with Crippen LogP contribution in [0.15, 0.2) is 0 Å². The molecule has 0 heterocycles. The maximum Gasteiger partial charge on any atom is 0.00891 e. The van der Waals surface area contributed by atoms with E-state index >= 15 is 0 Å². The minimum atomic E-state index is 0.817. The topological polar surface area (TPSA) is 3.24 Å². The van der Waals surface area contributed by atoms with Crippen molar-refractivity contribution in [2.45, 2.75) is 257 Å². The molecule has 0 N–H and O–H groups in total. The summed E-state index contributed by atoms with van der Waals surface area (Å²) in [4.78, 5) is 2.51. The molecule has 43 heavy (non-hydrogen) atoms. The summed E-state index contributed by atoms with van der Waals surface area (Å²) in [6.45, 7) is 4.62. The Bertz CT molecular complexity index is 472. The van der Waals surface area contributed by atoms with Crippen LogP contribution in [-0.2, 0) is 0 Å². The molecule has 0 radical (unpaired) electrons. The Labute approximate surface area is 275 Å². The molecule has 1 nitrogen and oxygen atoms in total. The quantitative estimate of drug-likeness (QED) is 0.0633. The molecule has 1 atom stereocenters. The lowest BCUT2D eigenvalue weighted by Gasteiger charge is -2.24. The van der Waals surface area contributed by atoms with E-state index in [1.807, 2.05) is 0 Å². The van der Waals surface area contributed by atoms with Gasteiger partial charge in [0.15, 0.2) is 0 Å². The molecule has 0 spiro atoms. The zero-order valence-corrected chi connectivity index (χ0v) is 31.2. The zero-order chi connectivity index (χ0) is 31.3. The Morgan fingerprint density at radius 2 is 0.419 bits per heavy atom. The molecule has 0 aromatic carbocycles. The molecule has 0 rings (SSSR count). The van der Waals surface area contributed by atoms with Gasteiger partial charge in [0.05, 0.1) is 0 Å². The Kier molecular flexibility index (Phi) is 38.1. The molecule has 0 unspecified atom stereocenters. The van der Waals surface area contributed by atoms with E-state index in [2.05, 4.69) is 32.8 Å². The van der Waals surface area contributed by atoms with Gasteiger partial charge >= 0.3 is 0 Å². The van der Waals surface area contributed by atoms with Gasteiger partial charge in [-0.15, -0.1) is 0 Å². The maximum absolute atomic E-state index is 2.51. The normalized spacial score (nSPS) is 12.5. The van der Waals surface area contributed by atoms with E-state index in [9.17, 15) is 0 Å². The smallest absolute Gasteiger partial charge is 0.00891 e. The molecule has 0 fully saturated rings. The van der Waals surface area contributed by atoms with E-state index in [-0.39, 0.29) is 0 Å². The highest BCUT2D eigenvalue weighted by Gasteiger charge is 2.10. The standard InChI is InChI=1S/C42H87N/c1-5-7-9-11-13-15-17-19-21-23-24-25-27-29-31-33-35-37-39-41-42(43(3)4)40-38-36-34-32-30-28-26-22-20-18-16-14-12-10-8-6-2/h42H,5-41H2,1-4H3/t42-/m0/s1. The number of nitrogens with zero attached hydrogens (tertiary/aromatic N) is 1. The third kappa shape index (κ3) is 36.3. The highest BCUT2D eigenvalue weighted by molar-refractivity contribution is 4.67. The molecule has 0 saturated carbocycles. The van der Waals surface area contributed by atoms with Crippen molar-refractivity contribution >= 4 is 0 Å². The van der Waals surface area contributed by atoms with E-state index < -0.39 is 0 Å². The van der Waals surface area contributed by atoms with Crippen molar-refractivity contribution in [3.05, 3.63) is 0 Å². The van der Waals surface area contributed by atoms with Crippen LogP contribution in [-0.4, -0.2) is 25.0 Å². The van der Waals surface area contributed by atoms with Gasteiger partial charge in [-0.25, -0.2) is 0 Å². The second kappa shape index (κ2) is 38.1. The van der Waals surface area contributed by atoms with Gasteiger partial charge in [-0.1, -0.05) is 239 Å². The lowest BCUT2D eigenvalue weighted by molar-refractivity contribution is 0.251. The van der Waals surface area contributed by atoms with Crippen molar-refractivity contribution in [1.82, 2.24) is 4.90 Å². The summed E-state index contributed by atoms with van der Waals surface area (Å²) in [5, 5.41) is 0. The van der Waals surface area contributed by atoms with Crippen LogP contribution in [0, 0.1) is 0 Å². The first kappa shape index (κ1) is 43.0. The zero-order valence-electron chi connectivity index (χ0n) is 31.2. The highest BCUT2D eigenvalue weighted by Crippen LogP contribution is 2.19. The molecule has 0 aromatic heterocycles. The molecular formula is C42H87N. The first-order valence-electron chi connectivity index (χ1n) is 20.9. The van der Waals surface area contributed by atoms with Gasteiger partial charge in [0.2, 0.25) is 0 Å². The summed E-state index contributed by atoms with van der Waals surface area (Å²) in [7, 11) is 4.62. The van der Waals surface area contributed by atoms with Gasteiger partial charge in [-0.2, -0.15) is 0 Å². The average Bonchev–Trinajstić information content (AvgIpc) is 3.00. The predicted molar refractivity (Wildman–Crippen MR) is 200 cm³/mol. The van der Waals surface area contributed by atoms with Gasteiger partial charge in [-0.05, 0) is 26.9 Å². The first-order chi connectivity index (χ1) is 21.2. The summed E-state index contributed by atoms with van der Waals surface area (Å²) >= 11 is 0. The number of hydrogen-bond donors (Lipinski definition) is 0. The average molecular weight is 606 g/mol. The monoisotopic (exact) mass is 606 g/mol. The second-order valence-corrected chi connectivity index (χ2v) is 14.9. The van der Waals surface area contributed by atoms with Crippen LogP contribution in [0.1, 0.15) is 251 Å². The van der Waals surface area contributed by atoms with E-state index in [1.165, 1.54) is 238 Å². The van der Waals surface area contributed by atoms with Crippen molar-refractivity contribution < 1.29 is 0 Å². The van der Waals surface area contributed by atoms with Gasteiger partial charge in [-0.3, -0.25) is 0 Å². The van der Waals surface area contributed by atoms with Crippen molar-refractivity contribution in [1.29, 1.82) is 0 Å². The van der Waals surface area contributed by atoms with Gasteiger partial charge in [0.25, 0.3) is 0 Å². The van der Waals surface area contributed by atoms with Gasteiger partial charge in [0.1, 0.15) is 0 Å². The summed E-state index contributed by atoms with van der Waals surface area (Å²) in [5.74, 6) is 0. The summed E-state index contributed by atoms with van der Waals surface area (Å²) in [6, 6.07) is 0.817. The number of unbranched alkanes of at least 4 members (excludes halogenated alkanes) is 33. The molecule has 0 bridgehead atoms. The Morgan fingerprint density at radius 3 is 0.581 bits per heavy atom. The molecule has 0 aliphatic carbocycles. The van der Waals surface area contributed by atoms with E-state index in [0.29, 0.717) is 0 Å². The van der Waals surface area contributed by atoms with Crippen LogP contribution in [0.5, 0.6) is 0 Å². The molecular weight excluding hydrogens is 518 g/mol. The van der Waals surface area contributed by atoms with Crippen LogP contribution in [0.2, 0.25) is 0 Å². The lowest BCUT2D eigenvalue weighted by Crippen LogP contribution is -2.27. The molecule has 0 saturated heterocycles. The van der Waals surface area contributed by atoms with E-state index in [0.717, 1.165) is 6.04 Å². The highest BCUT2D eigenvalue weighted by atomic mass is 15.1. The summed E-state index contributed by atoms with van der Waals surface area (Å²) < 4.78 is 0. The second-order valence-electron chi connectivity index (χ2n) is 14.9. The number of hydrogen-bond acceptors (Lipinski definition) is 1. The SMILES string of the molecule is CCCCCCCCCCCCCCCCCCCCC[C@H](CCCCCCCCCCCCCCCCCC)N(C)C. The Morgan fingerprint density at radius 1 is 0.256 bits per heavy atom. The Balaban J connectivity index is 3.35. The molecule has 1 heteroatoms. The summed E-state index contributed by atoms with van der Waals surface area (Å²) in [5.41, 5.74) is 0. The van der Waals surface area contributed by atoms with Crippen molar-refractivity contribution in [3.63, 3.8) is 0 Å². The van der Waals surface area contributed by atoms with Crippen LogP contribution in [0.25, 0.3) is 0 Å². The third-order valence-electron chi connectivity index (χ3n) is 10.3. The minimum absolute atomic E-state index is 0.817. The number of rotatable bonds is 38. The van der Waals surface area contributed by atoms with E-state index in [4.69, 9.17) is 0 Å². The summed E-state index contributed by atoms with van der Waals surface area (Å²) in [6.07, 6.45) is 54.3. The molecule has 0 aliphatic rings. The maximum atomic E-state index is 2.51. The van der Waals surface area contributed by atoms with Crippen LogP contribution >= 0.6 is 0 Å². The van der Waals surface area contributed by atoms with Crippen molar-refractivity contribution in [2.24, 2.45) is 0 Å². The lowest BCUT2D eigenvalue weighted by atomic mass is 9.99. The first-order valence-corrected chi connectivity index (χ1v) is 20.9. The van der Waals surface area contributed by atoms with Gasteiger partial charge in [0, 0.05) is 6.04 Å². The van der Waals surface area contributed by atoms with E-state index in [1.54, 1.807) is 0 Å². The molecule has 0 aromatic rings.